The lowest BCUT2D eigenvalue weighted by molar-refractivity contribution is -0.255. The van der Waals surface area contributed by atoms with E-state index < -0.39 is 5.97 Å². The van der Waals surface area contributed by atoms with Crippen LogP contribution in [-0.2, 0) is 6.54 Å². The zero-order valence-corrected chi connectivity index (χ0v) is 16.1. The highest BCUT2D eigenvalue weighted by molar-refractivity contribution is 6.32. The molecule has 0 saturated heterocycles. The number of halogens is 1. The first-order valence-corrected chi connectivity index (χ1v) is 8.82. The highest BCUT2D eigenvalue weighted by Crippen LogP contribution is 2.21. The number of carboxylic acids is 1. The summed E-state index contributed by atoms with van der Waals surface area (Å²) in [6.45, 7) is 2.35. The Kier molecular flexibility index (Phi) is 5.96. The van der Waals surface area contributed by atoms with E-state index in [1.54, 1.807) is 30.1 Å². The van der Waals surface area contributed by atoms with Crippen LogP contribution in [0.25, 0.3) is 0 Å². The van der Waals surface area contributed by atoms with Gasteiger partial charge in [-0.25, -0.2) is 4.68 Å². The molecule has 0 saturated carbocycles. The number of nitrogens with one attached hydrogen (secondary N) is 1. The number of anilines is 1. The number of aromatic nitrogens is 2. The number of aryl methyl sites for hydroxylation is 1. The number of hydrogen-bond donors (Lipinski definition) is 1. The van der Waals surface area contributed by atoms with Crippen molar-refractivity contribution in [2.24, 2.45) is 5.10 Å². The van der Waals surface area contributed by atoms with Crippen molar-refractivity contribution in [3.8, 4) is 5.75 Å². The van der Waals surface area contributed by atoms with Gasteiger partial charge in [-0.3, -0.25) is 5.43 Å². The molecule has 1 aromatic heterocycles. The second kappa shape index (κ2) is 8.58. The normalized spacial score (nSPS) is 11.0. The van der Waals surface area contributed by atoms with E-state index in [-0.39, 0.29) is 5.56 Å². The molecule has 0 radical (unpaired) electrons. The van der Waals surface area contributed by atoms with Crippen LogP contribution in [0.4, 0.5) is 5.69 Å². The number of hydrogen-bond acceptors (Lipinski definition) is 6. The number of nitrogens with zero attached hydrogens (tertiary/aromatic N) is 3. The zero-order valence-electron chi connectivity index (χ0n) is 15.3. The lowest BCUT2D eigenvalue weighted by atomic mass is 10.2. The van der Waals surface area contributed by atoms with Crippen LogP contribution >= 0.6 is 11.6 Å². The SMILES string of the molecule is COc1cccc(Cn2nc(C)c(/C=N\Nc3ccc(C(=O)[O-])cc3)c2Cl)c1. The molecule has 0 fully saturated rings. The maximum Gasteiger partial charge on any atom is 0.136 e. The molecule has 144 valence electrons. The van der Waals surface area contributed by atoms with Crippen molar-refractivity contribution in [1.29, 1.82) is 0 Å². The molecule has 3 rings (SSSR count). The van der Waals surface area contributed by atoms with E-state index in [0.717, 1.165) is 17.0 Å². The number of carbonyl (C=O) groups is 1. The molecular formula is C20H18ClN4O3-. The van der Waals surface area contributed by atoms with Crippen LogP contribution in [0.5, 0.6) is 5.75 Å². The Morgan fingerprint density at radius 1 is 1.32 bits per heavy atom. The predicted octanol–water partition coefficient (Wildman–Crippen LogP) is 2.71. The maximum absolute atomic E-state index is 10.8. The van der Waals surface area contributed by atoms with Crippen molar-refractivity contribution >= 4 is 29.5 Å². The van der Waals surface area contributed by atoms with Gasteiger partial charge in [0.2, 0.25) is 0 Å². The van der Waals surface area contributed by atoms with Crippen LogP contribution in [0.1, 0.15) is 27.2 Å². The molecule has 8 heteroatoms. The molecule has 2 aromatic carbocycles. The van der Waals surface area contributed by atoms with Gasteiger partial charge in [0.05, 0.1) is 42.8 Å². The first-order valence-electron chi connectivity index (χ1n) is 8.44. The van der Waals surface area contributed by atoms with Crippen LogP contribution < -0.4 is 15.3 Å². The third-order valence-electron chi connectivity index (χ3n) is 4.08. The molecule has 0 bridgehead atoms. The van der Waals surface area contributed by atoms with Crippen LogP contribution in [0, 0.1) is 6.92 Å². The Bertz CT molecular complexity index is 1010. The molecule has 0 aliphatic carbocycles. The van der Waals surface area contributed by atoms with Gasteiger partial charge in [0.15, 0.2) is 0 Å². The summed E-state index contributed by atoms with van der Waals surface area (Å²) in [5.74, 6) is -0.450. The lowest BCUT2D eigenvalue weighted by Gasteiger charge is -2.06. The maximum atomic E-state index is 10.8. The van der Waals surface area contributed by atoms with Crippen molar-refractivity contribution in [2.45, 2.75) is 13.5 Å². The molecule has 0 atom stereocenters. The zero-order chi connectivity index (χ0) is 20.1. The Balaban J connectivity index is 1.72. The monoisotopic (exact) mass is 397 g/mol. The van der Waals surface area contributed by atoms with Crippen molar-refractivity contribution in [3.63, 3.8) is 0 Å². The van der Waals surface area contributed by atoms with E-state index in [2.05, 4.69) is 15.6 Å². The number of ether oxygens (including phenoxy) is 1. The van der Waals surface area contributed by atoms with Crippen molar-refractivity contribution in [2.75, 3.05) is 12.5 Å². The number of carboxylic acid groups (broad SMARTS) is 1. The Morgan fingerprint density at radius 2 is 2.07 bits per heavy atom. The molecule has 1 N–H and O–H groups in total. The summed E-state index contributed by atoms with van der Waals surface area (Å²) in [7, 11) is 1.62. The minimum Gasteiger partial charge on any atom is -0.545 e. The smallest absolute Gasteiger partial charge is 0.136 e. The highest BCUT2D eigenvalue weighted by atomic mass is 35.5. The van der Waals surface area contributed by atoms with Crippen molar-refractivity contribution in [1.82, 2.24) is 9.78 Å². The van der Waals surface area contributed by atoms with Crippen LogP contribution in [0.2, 0.25) is 5.15 Å². The van der Waals surface area contributed by atoms with E-state index in [1.165, 1.54) is 12.1 Å². The molecule has 0 aliphatic rings. The van der Waals surface area contributed by atoms with E-state index in [0.29, 0.717) is 22.9 Å². The van der Waals surface area contributed by atoms with Crippen LogP contribution in [-0.4, -0.2) is 29.1 Å². The predicted molar refractivity (Wildman–Crippen MR) is 106 cm³/mol. The minimum absolute atomic E-state index is 0.104. The fraction of sp³-hybridized carbons (Fsp3) is 0.150. The van der Waals surface area contributed by atoms with E-state index in [9.17, 15) is 9.90 Å². The van der Waals surface area contributed by atoms with Gasteiger partial charge < -0.3 is 14.6 Å². The minimum atomic E-state index is -1.22. The van der Waals surface area contributed by atoms with Crippen LogP contribution in [0.3, 0.4) is 0 Å². The molecule has 0 unspecified atom stereocenters. The number of methoxy groups -OCH3 is 1. The van der Waals surface area contributed by atoms with Gasteiger partial charge in [0.1, 0.15) is 10.9 Å². The van der Waals surface area contributed by atoms with Gasteiger partial charge in [-0.2, -0.15) is 10.2 Å². The Morgan fingerprint density at radius 3 is 2.75 bits per heavy atom. The third-order valence-corrected chi connectivity index (χ3v) is 4.48. The van der Waals surface area contributed by atoms with Gasteiger partial charge in [-0.1, -0.05) is 35.9 Å². The summed E-state index contributed by atoms with van der Waals surface area (Å²) in [6, 6.07) is 13.8. The fourth-order valence-electron chi connectivity index (χ4n) is 2.61. The number of aromatic carboxylic acids is 1. The number of benzene rings is 2. The molecule has 0 spiro atoms. The lowest BCUT2D eigenvalue weighted by Crippen LogP contribution is -2.21. The quantitative estimate of drug-likeness (QED) is 0.489. The second-order valence-corrected chi connectivity index (χ2v) is 6.39. The van der Waals surface area contributed by atoms with Gasteiger partial charge in [0.25, 0.3) is 0 Å². The number of carbonyl (C=O) groups excluding carboxylic acids is 1. The van der Waals surface area contributed by atoms with Crippen LogP contribution in [0.15, 0.2) is 53.6 Å². The fourth-order valence-corrected chi connectivity index (χ4v) is 2.90. The number of hydrazone groups is 1. The summed E-state index contributed by atoms with van der Waals surface area (Å²) in [6.07, 6.45) is 1.58. The molecular weight excluding hydrogens is 380 g/mol. The largest absolute Gasteiger partial charge is 0.545 e. The average Bonchev–Trinajstić information content (AvgIpc) is 2.96. The first kappa shape index (κ1) is 19.4. The number of rotatable bonds is 7. The second-order valence-electron chi connectivity index (χ2n) is 6.03. The third kappa shape index (κ3) is 4.50. The Hall–Kier alpha value is -3.32. The van der Waals surface area contributed by atoms with Gasteiger partial charge in [-0.15, -0.1) is 0 Å². The molecule has 0 amide bonds. The average molecular weight is 398 g/mol. The Labute approximate surface area is 167 Å². The molecule has 3 aromatic rings. The van der Waals surface area contributed by atoms with Gasteiger partial charge in [0, 0.05) is 0 Å². The summed E-state index contributed by atoms with van der Waals surface area (Å²) >= 11 is 6.47. The molecule has 28 heavy (non-hydrogen) atoms. The van der Waals surface area contributed by atoms with Gasteiger partial charge >= 0.3 is 0 Å². The molecule has 0 aliphatic heterocycles. The first-order chi connectivity index (χ1) is 13.5. The topological polar surface area (TPSA) is 91.6 Å². The highest BCUT2D eigenvalue weighted by Gasteiger charge is 2.12. The van der Waals surface area contributed by atoms with E-state index in [1.807, 2.05) is 31.2 Å². The summed E-state index contributed by atoms with van der Waals surface area (Å²) in [4.78, 5) is 10.8. The summed E-state index contributed by atoms with van der Waals surface area (Å²) in [5, 5.41) is 19.9. The van der Waals surface area contributed by atoms with Crippen molar-refractivity contribution in [3.05, 3.63) is 76.1 Å². The van der Waals surface area contributed by atoms with Crippen molar-refractivity contribution < 1.29 is 14.6 Å². The summed E-state index contributed by atoms with van der Waals surface area (Å²) in [5.41, 5.74) is 6.02. The van der Waals surface area contributed by atoms with Gasteiger partial charge in [-0.05, 0) is 42.3 Å². The molecule has 1 heterocycles. The summed E-state index contributed by atoms with van der Waals surface area (Å²) < 4.78 is 6.94. The van der Waals surface area contributed by atoms with E-state index >= 15 is 0 Å². The van der Waals surface area contributed by atoms with E-state index in [4.69, 9.17) is 16.3 Å². The standard InChI is InChI=1S/C20H19ClN4O3/c1-13-18(11-22-23-16-8-6-15(7-9-16)20(26)27)19(21)25(24-13)12-14-4-3-5-17(10-14)28-2/h3-11,23H,12H2,1-2H3,(H,26,27)/p-1/b22-11-. The molecule has 7 nitrogen and oxygen atoms in total.